The van der Waals surface area contributed by atoms with Gasteiger partial charge in [0.1, 0.15) is 12.1 Å². The van der Waals surface area contributed by atoms with Gasteiger partial charge in [0.25, 0.3) is 0 Å². The van der Waals surface area contributed by atoms with Crippen molar-refractivity contribution in [2.45, 2.75) is 19.0 Å². The third-order valence-corrected chi connectivity index (χ3v) is 14.8. The SMILES string of the molecule is C(=N[C@H](c1ccccc1)[C@H](N=Cc1ccccc1P(c1ccccc1)c1ccccc1)c1ccccc1)c1ccccc1P(c1ccccc1)c1ccccc1.CC#N.F[B-](F)(F)F.F[B-](F)(F)F.[C-]#[O+].[Fe+2]. The zero-order chi connectivity index (χ0) is 51.5. The normalized spacial score (nSPS) is 11.7. The summed E-state index contributed by atoms with van der Waals surface area (Å²) >= 11 is 0. The van der Waals surface area contributed by atoms with Crippen LogP contribution < -0.4 is 31.8 Å². The van der Waals surface area contributed by atoms with Gasteiger partial charge < -0.3 is 34.5 Å². The van der Waals surface area contributed by atoms with Crippen molar-refractivity contribution in [3.05, 3.63) is 259 Å². The van der Waals surface area contributed by atoms with Crippen LogP contribution in [0.4, 0.5) is 34.5 Å². The molecule has 0 spiro atoms. The minimum Gasteiger partial charge on any atom is 2.00 e. The Morgan fingerprint density at radius 1 is 0.417 bits per heavy atom. The first-order chi connectivity index (χ1) is 34.2. The van der Waals surface area contributed by atoms with Gasteiger partial charge in [-0.05, 0) is 58.8 Å². The first kappa shape index (κ1) is 59.6. The molecular formula is C55H45B2F8FeN3OP2. The molecule has 0 heterocycles. The second-order valence-corrected chi connectivity index (χ2v) is 19.0. The van der Waals surface area contributed by atoms with Gasteiger partial charge in [-0.3, -0.25) is 9.98 Å². The molecule has 72 heavy (non-hydrogen) atoms. The van der Waals surface area contributed by atoms with Gasteiger partial charge in [0, 0.05) is 30.5 Å². The van der Waals surface area contributed by atoms with E-state index in [1.165, 1.54) is 38.8 Å². The van der Waals surface area contributed by atoms with E-state index >= 15 is 0 Å². The summed E-state index contributed by atoms with van der Waals surface area (Å²) in [6.07, 6.45) is 4.19. The van der Waals surface area contributed by atoms with Crippen LogP contribution >= 0.6 is 15.8 Å². The summed E-state index contributed by atoms with van der Waals surface area (Å²) in [4.78, 5) is 11.0. The van der Waals surface area contributed by atoms with Crippen LogP contribution in [-0.2, 0) is 21.7 Å². The fourth-order valence-electron chi connectivity index (χ4n) is 7.08. The molecule has 0 fully saturated rings. The summed E-state index contributed by atoms with van der Waals surface area (Å²) in [5.74, 6) is 0. The zero-order valence-electron chi connectivity index (χ0n) is 38.4. The van der Waals surface area contributed by atoms with Crippen molar-refractivity contribution in [3.8, 4) is 6.07 Å². The van der Waals surface area contributed by atoms with E-state index in [1.807, 2.05) is 0 Å². The minimum absolute atomic E-state index is 0. The Morgan fingerprint density at radius 2 is 0.611 bits per heavy atom. The molecule has 0 amide bonds. The number of hydrogen-bond acceptors (Lipinski definition) is 3. The van der Waals surface area contributed by atoms with Gasteiger partial charge in [-0.1, -0.05) is 231 Å². The largest absolute Gasteiger partial charge is 2.00 e. The average molecular weight is 1060 g/mol. The molecule has 0 radical (unpaired) electrons. The van der Waals surface area contributed by atoms with Crippen molar-refractivity contribution in [1.29, 1.82) is 5.26 Å². The van der Waals surface area contributed by atoms with Crippen LogP contribution in [0.1, 0.15) is 41.3 Å². The molecule has 0 bridgehead atoms. The van der Waals surface area contributed by atoms with Crippen molar-refractivity contribution >= 4 is 74.6 Å². The van der Waals surface area contributed by atoms with Crippen molar-refractivity contribution in [3.63, 3.8) is 0 Å². The Bertz CT molecular complexity index is 2610. The molecule has 0 aliphatic heterocycles. The molecule has 0 saturated heterocycles. The molecule has 17 heteroatoms. The Labute approximate surface area is 428 Å². The second kappa shape index (κ2) is 31.6. The maximum atomic E-state index is 9.75. The summed E-state index contributed by atoms with van der Waals surface area (Å²) in [7, 11) is -13.6. The molecule has 0 aliphatic carbocycles. The number of nitrogens with zero attached hydrogens (tertiary/aromatic N) is 3. The van der Waals surface area contributed by atoms with Crippen LogP contribution in [0.25, 0.3) is 0 Å². The molecule has 0 aromatic heterocycles. The van der Waals surface area contributed by atoms with Crippen LogP contribution in [0.3, 0.4) is 0 Å². The van der Waals surface area contributed by atoms with E-state index in [1.54, 1.807) is 6.07 Å². The van der Waals surface area contributed by atoms with E-state index in [4.69, 9.17) is 19.9 Å². The van der Waals surface area contributed by atoms with Crippen molar-refractivity contribution in [2.24, 2.45) is 9.98 Å². The molecule has 0 N–H and O–H groups in total. The van der Waals surface area contributed by atoms with E-state index < -0.39 is 30.4 Å². The Morgan fingerprint density at radius 3 is 0.847 bits per heavy atom. The second-order valence-electron chi connectivity index (χ2n) is 14.6. The number of halogens is 8. The zero-order valence-corrected chi connectivity index (χ0v) is 41.3. The number of nitriles is 1. The standard InChI is InChI=1S/C52H42N2P2.C2H3N.CO.2BF4.Fe/c1-7-23-41(24-8-1)51(53-39-43-27-19-21-37-49(43)55(45-29-11-3-12-30-45)46-31-13-4-14-32-46)52(42-25-9-2-10-26-42)54-40-44-28-20-22-38-50(44)56(47-33-15-5-16-34-47)48-35-17-6-18-36-48;1-2-3;1-2;2*2-1(3,4)5;/h1-40,51-52H;1H3;;;;/q;;;2*-1;+2/t51-,52-;;;;;/m1...../s1. The number of hydrogen-bond donors (Lipinski definition) is 0. The molecule has 8 rings (SSSR count). The van der Waals surface area contributed by atoms with E-state index in [0.29, 0.717) is 0 Å². The quantitative estimate of drug-likeness (QED) is 0.0283. The maximum absolute atomic E-state index is 9.75. The van der Waals surface area contributed by atoms with Gasteiger partial charge in [0.2, 0.25) is 0 Å². The summed E-state index contributed by atoms with van der Waals surface area (Å²) in [6.45, 7) is 5.93. The van der Waals surface area contributed by atoms with E-state index in [-0.39, 0.29) is 29.2 Å². The summed E-state index contributed by atoms with van der Waals surface area (Å²) in [6, 6.07) is 83.4. The first-order valence-corrected chi connectivity index (χ1v) is 24.3. The third-order valence-electron chi connectivity index (χ3n) is 9.74. The van der Waals surface area contributed by atoms with Crippen LogP contribution in [0.5, 0.6) is 0 Å². The maximum Gasteiger partial charge on any atom is 2.00 e. The third kappa shape index (κ3) is 20.6. The van der Waals surface area contributed by atoms with E-state index in [9.17, 15) is 34.5 Å². The monoisotopic (exact) mass is 1060 g/mol. The van der Waals surface area contributed by atoms with Gasteiger partial charge in [-0.2, -0.15) is 5.26 Å². The molecular weight excluding hydrogens is 1010 g/mol. The molecule has 4 nitrogen and oxygen atoms in total. The number of benzene rings is 8. The molecule has 366 valence electrons. The van der Waals surface area contributed by atoms with Gasteiger partial charge >= 0.3 is 42.9 Å². The Balaban J connectivity index is 0.000000759. The van der Waals surface area contributed by atoms with Crippen molar-refractivity contribution < 1.29 is 56.2 Å². The Kier molecular flexibility index (Phi) is 26.1. The number of aliphatic imine (C=N–C) groups is 2. The van der Waals surface area contributed by atoms with Gasteiger partial charge in [0.15, 0.2) is 0 Å². The fourth-order valence-corrected chi connectivity index (χ4v) is 11.9. The van der Waals surface area contributed by atoms with E-state index in [0.717, 1.165) is 22.3 Å². The molecule has 0 saturated carbocycles. The predicted molar refractivity (Wildman–Crippen MR) is 279 cm³/mol. The molecule has 0 unspecified atom stereocenters. The van der Waals surface area contributed by atoms with Crippen molar-refractivity contribution in [2.75, 3.05) is 0 Å². The summed E-state index contributed by atoms with van der Waals surface area (Å²) in [5.41, 5.74) is 4.46. The van der Waals surface area contributed by atoms with Crippen LogP contribution in [0.15, 0.2) is 241 Å². The smallest absolute Gasteiger partial charge is 2.00 e. The number of rotatable bonds is 13. The van der Waals surface area contributed by atoms with Gasteiger partial charge in [0.05, 0.1) is 6.07 Å². The molecule has 8 aromatic carbocycles. The van der Waals surface area contributed by atoms with Crippen LogP contribution in [0, 0.1) is 18.0 Å². The predicted octanol–water partition coefficient (Wildman–Crippen LogP) is 13.3. The van der Waals surface area contributed by atoms with Crippen LogP contribution in [-0.4, -0.2) is 26.9 Å². The van der Waals surface area contributed by atoms with Gasteiger partial charge in [-0.15, -0.1) is 0 Å². The summed E-state index contributed by atoms with van der Waals surface area (Å²) in [5, 5.41) is 15.1. The average Bonchev–Trinajstić information content (AvgIpc) is 3.38. The van der Waals surface area contributed by atoms with Crippen molar-refractivity contribution in [1.82, 2.24) is 0 Å². The van der Waals surface area contributed by atoms with E-state index in [2.05, 4.69) is 250 Å². The van der Waals surface area contributed by atoms with Crippen LogP contribution in [0.2, 0.25) is 0 Å². The topological polar surface area (TPSA) is 68.4 Å². The minimum atomic E-state index is -6.00. The fraction of sp³-hybridized carbons (Fsp3) is 0.0545. The Hall–Kier alpha value is -6.72. The molecule has 0 aliphatic rings. The summed E-state index contributed by atoms with van der Waals surface area (Å²) < 4.78 is 85.5. The molecule has 2 atom stereocenters. The van der Waals surface area contributed by atoms with Gasteiger partial charge in [-0.25, -0.2) is 0 Å². The first-order valence-electron chi connectivity index (χ1n) is 21.7. The molecule has 8 aromatic rings.